The Bertz CT molecular complexity index is 197. The van der Waals surface area contributed by atoms with Crippen LogP contribution in [0.3, 0.4) is 0 Å². The smallest absolute Gasteiger partial charge is 0.267 e. The van der Waals surface area contributed by atoms with Crippen LogP contribution < -0.4 is 0 Å². The molecule has 14 heavy (non-hydrogen) atoms. The van der Waals surface area contributed by atoms with Gasteiger partial charge in [0.15, 0.2) is 0 Å². The lowest BCUT2D eigenvalue weighted by atomic mass is 9.98. The zero-order valence-electron chi connectivity index (χ0n) is 8.87. The molecule has 0 aromatic heterocycles. The van der Waals surface area contributed by atoms with Gasteiger partial charge in [0, 0.05) is 6.54 Å². The summed E-state index contributed by atoms with van der Waals surface area (Å²) in [5, 5.41) is 1.41. The van der Waals surface area contributed by atoms with Gasteiger partial charge in [-0.1, -0.05) is 25.8 Å². The molecule has 0 saturated heterocycles. The van der Waals surface area contributed by atoms with E-state index >= 15 is 0 Å². The minimum absolute atomic E-state index is 0.141. The molecule has 0 N–H and O–H groups in total. The molecule has 1 aliphatic carbocycles. The highest BCUT2D eigenvalue weighted by Gasteiger charge is 2.19. The molecule has 0 aromatic rings. The fourth-order valence-electron chi connectivity index (χ4n) is 1.73. The van der Waals surface area contributed by atoms with E-state index in [1.54, 1.807) is 0 Å². The fraction of sp³-hybridized carbons (Fsp3) is 0.727. The van der Waals surface area contributed by atoms with Gasteiger partial charge >= 0.3 is 0 Å². The summed E-state index contributed by atoms with van der Waals surface area (Å²) < 4.78 is 0. The monoisotopic (exact) mass is 197 g/mol. The van der Waals surface area contributed by atoms with Crippen molar-refractivity contribution >= 4 is 5.91 Å². The summed E-state index contributed by atoms with van der Waals surface area (Å²) in [5.74, 6) is -0.141. The lowest BCUT2D eigenvalue weighted by Gasteiger charge is -2.27. The summed E-state index contributed by atoms with van der Waals surface area (Å²) in [6.45, 7) is 5.94. The number of rotatable bonds is 4. The van der Waals surface area contributed by atoms with Gasteiger partial charge < -0.3 is 0 Å². The van der Waals surface area contributed by atoms with Gasteiger partial charge in [-0.2, -0.15) is 0 Å². The summed E-state index contributed by atoms with van der Waals surface area (Å²) in [6.07, 6.45) is 7.39. The van der Waals surface area contributed by atoms with Crippen LogP contribution in [0.15, 0.2) is 12.7 Å². The first kappa shape index (κ1) is 11.2. The summed E-state index contributed by atoms with van der Waals surface area (Å²) >= 11 is 0. The Morgan fingerprint density at radius 3 is 2.64 bits per heavy atom. The summed E-state index contributed by atoms with van der Waals surface area (Å²) in [7, 11) is 0. The number of carbonyl (C=O) groups excluding carboxylic acids is 1. The lowest BCUT2D eigenvalue weighted by molar-refractivity contribution is -0.204. The van der Waals surface area contributed by atoms with E-state index in [1.807, 2.05) is 6.92 Å². The molecule has 0 aliphatic heterocycles. The van der Waals surface area contributed by atoms with Gasteiger partial charge in [-0.25, -0.2) is 5.06 Å². The average molecular weight is 197 g/mol. The quantitative estimate of drug-likeness (QED) is 0.511. The molecule has 3 heteroatoms. The van der Waals surface area contributed by atoms with E-state index in [9.17, 15) is 4.79 Å². The maximum atomic E-state index is 11.3. The Labute approximate surface area is 85.7 Å². The zero-order valence-corrected chi connectivity index (χ0v) is 8.87. The first-order valence-electron chi connectivity index (χ1n) is 5.38. The van der Waals surface area contributed by atoms with Crippen LogP contribution in [0.5, 0.6) is 0 Å². The van der Waals surface area contributed by atoms with E-state index in [2.05, 4.69) is 6.58 Å². The first-order valence-corrected chi connectivity index (χ1v) is 5.38. The normalized spacial score (nSPS) is 17.8. The van der Waals surface area contributed by atoms with E-state index in [-0.39, 0.29) is 12.0 Å². The number of hydroxylamine groups is 2. The third-order valence-corrected chi connectivity index (χ3v) is 2.54. The minimum atomic E-state index is -0.141. The number of carbonyl (C=O) groups is 1. The van der Waals surface area contributed by atoms with Crippen LogP contribution in [0.4, 0.5) is 0 Å². The Hall–Kier alpha value is -0.830. The number of hydrogen-bond donors (Lipinski definition) is 0. The van der Waals surface area contributed by atoms with Gasteiger partial charge in [-0.3, -0.25) is 9.63 Å². The highest BCUT2D eigenvalue weighted by molar-refractivity contribution is 5.86. The second kappa shape index (κ2) is 5.81. The van der Waals surface area contributed by atoms with Crippen LogP contribution in [0.25, 0.3) is 0 Å². The van der Waals surface area contributed by atoms with Crippen molar-refractivity contribution in [2.45, 2.75) is 45.1 Å². The van der Waals surface area contributed by atoms with Gasteiger partial charge in [0.1, 0.15) is 0 Å². The summed E-state index contributed by atoms with van der Waals surface area (Å²) in [6, 6.07) is 0. The van der Waals surface area contributed by atoms with E-state index in [4.69, 9.17) is 4.84 Å². The molecule has 0 spiro atoms. The largest absolute Gasteiger partial charge is 0.269 e. The Balaban J connectivity index is 2.38. The molecular formula is C11H19NO2. The van der Waals surface area contributed by atoms with Crippen LogP contribution in [-0.2, 0) is 9.63 Å². The molecule has 1 aliphatic rings. The topological polar surface area (TPSA) is 29.5 Å². The van der Waals surface area contributed by atoms with Crippen molar-refractivity contribution in [3.8, 4) is 0 Å². The highest BCUT2D eigenvalue weighted by Crippen LogP contribution is 2.21. The van der Waals surface area contributed by atoms with Crippen LogP contribution in [0, 0.1) is 0 Å². The molecule has 0 unspecified atom stereocenters. The highest BCUT2D eigenvalue weighted by atomic mass is 16.7. The van der Waals surface area contributed by atoms with Gasteiger partial charge in [-0.05, 0) is 25.8 Å². The molecule has 0 aromatic carbocycles. The minimum Gasteiger partial charge on any atom is -0.267 e. The number of amides is 1. The molecular weight excluding hydrogens is 178 g/mol. The first-order chi connectivity index (χ1) is 6.77. The van der Waals surface area contributed by atoms with E-state index < -0.39 is 0 Å². The molecule has 0 heterocycles. The van der Waals surface area contributed by atoms with Crippen LogP contribution in [0.2, 0.25) is 0 Å². The van der Waals surface area contributed by atoms with Crippen LogP contribution in [-0.4, -0.2) is 23.6 Å². The van der Waals surface area contributed by atoms with Crippen molar-refractivity contribution in [1.29, 1.82) is 0 Å². The molecule has 1 fully saturated rings. The molecule has 1 amide bonds. The van der Waals surface area contributed by atoms with Gasteiger partial charge in [0.2, 0.25) is 0 Å². The predicted octanol–water partition coefficient (Wildman–Crippen LogP) is 2.29. The van der Waals surface area contributed by atoms with Crippen molar-refractivity contribution in [1.82, 2.24) is 5.06 Å². The average Bonchev–Trinajstić information content (AvgIpc) is 2.26. The predicted molar refractivity (Wildman–Crippen MR) is 55.5 cm³/mol. The Morgan fingerprint density at radius 2 is 2.14 bits per heavy atom. The molecule has 0 bridgehead atoms. The second-order valence-corrected chi connectivity index (χ2v) is 3.60. The van der Waals surface area contributed by atoms with Crippen molar-refractivity contribution in [3.05, 3.63) is 12.7 Å². The van der Waals surface area contributed by atoms with Crippen molar-refractivity contribution < 1.29 is 9.63 Å². The van der Waals surface area contributed by atoms with Crippen LogP contribution in [0.1, 0.15) is 39.0 Å². The Kier molecular flexibility index (Phi) is 4.66. The van der Waals surface area contributed by atoms with Crippen molar-refractivity contribution in [2.75, 3.05) is 6.54 Å². The number of likely N-dealkylation sites (N-methyl/N-ethyl adjacent to an activating group) is 1. The van der Waals surface area contributed by atoms with Crippen LogP contribution >= 0.6 is 0 Å². The van der Waals surface area contributed by atoms with E-state index in [0.29, 0.717) is 6.54 Å². The number of nitrogens with zero attached hydrogens (tertiary/aromatic N) is 1. The summed E-state index contributed by atoms with van der Waals surface area (Å²) in [4.78, 5) is 16.9. The SMILES string of the molecule is C=CC(=O)N(CC)OC1CCCCC1. The van der Waals surface area contributed by atoms with E-state index in [1.165, 1.54) is 30.4 Å². The van der Waals surface area contributed by atoms with E-state index in [0.717, 1.165) is 12.8 Å². The Morgan fingerprint density at radius 1 is 1.50 bits per heavy atom. The number of hydrogen-bond acceptors (Lipinski definition) is 2. The van der Waals surface area contributed by atoms with Gasteiger partial charge in [0.25, 0.3) is 5.91 Å². The molecule has 1 rings (SSSR count). The van der Waals surface area contributed by atoms with Gasteiger partial charge in [-0.15, -0.1) is 0 Å². The third-order valence-electron chi connectivity index (χ3n) is 2.54. The molecule has 3 nitrogen and oxygen atoms in total. The fourth-order valence-corrected chi connectivity index (χ4v) is 1.73. The molecule has 80 valence electrons. The molecule has 1 saturated carbocycles. The van der Waals surface area contributed by atoms with Crippen molar-refractivity contribution in [3.63, 3.8) is 0 Å². The summed E-state index contributed by atoms with van der Waals surface area (Å²) in [5.41, 5.74) is 0. The lowest BCUT2D eigenvalue weighted by Crippen LogP contribution is -2.34. The van der Waals surface area contributed by atoms with Crippen molar-refractivity contribution in [2.24, 2.45) is 0 Å². The molecule has 0 atom stereocenters. The maximum absolute atomic E-state index is 11.3. The third kappa shape index (κ3) is 3.14. The van der Waals surface area contributed by atoms with Gasteiger partial charge in [0.05, 0.1) is 6.10 Å². The maximum Gasteiger partial charge on any atom is 0.269 e. The zero-order chi connectivity index (χ0) is 10.4. The second-order valence-electron chi connectivity index (χ2n) is 3.60. The standard InChI is InChI=1S/C11H19NO2/c1-3-11(13)12(4-2)14-10-8-6-5-7-9-10/h3,10H,1,4-9H2,2H3. The molecule has 0 radical (unpaired) electrons.